The number of aromatic nitrogens is 1. The largest absolute Gasteiger partial charge is 0.324 e. The lowest BCUT2D eigenvalue weighted by Crippen LogP contribution is -2.14. The van der Waals surface area contributed by atoms with E-state index in [9.17, 15) is 0 Å². The van der Waals surface area contributed by atoms with Gasteiger partial charge in [0.15, 0.2) is 0 Å². The first-order valence-electron chi connectivity index (χ1n) is 5.68. The molecule has 1 atom stereocenters. The number of nitrogens with zero attached hydrogens (tertiary/aromatic N) is 1. The Labute approximate surface area is 117 Å². The molecule has 1 aromatic carbocycles. The van der Waals surface area contributed by atoms with Crippen molar-refractivity contribution < 1.29 is 0 Å². The first-order valence-corrected chi connectivity index (χ1v) is 6.43. The summed E-state index contributed by atoms with van der Waals surface area (Å²) in [6.07, 6.45) is 4.31. The molecule has 1 heterocycles. The molecule has 0 aliphatic rings. The molecule has 2 rings (SSSR count). The molecule has 0 radical (unpaired) electrons. The Morgan fingerprint density at radius 2 is 2.00 bits per heavy atom. The van der Waals surface area contributed by atoms with Gasteiger partial charge in [-0.05, 0) is 48.2 Å². The van der Waals surface area contributed by atoms with Crippen molar-refractivity contribution in [3.8, 4) is 0 Å². The zero-order valence-electron chi connectivity index (χ0n) is 10.0. The van der Waals surface area contributed by atoms with Crippen LogP contribution in [0.4, 0.5) is 0 Å². The Bertz CT molecular complexity index is 555. The number of benzene rings is 1. The van der Waals surface area contributed by atoms with Gasteiger partial charge >= 0.3 is 0 Å². The highest BCUT2D eigenvalue weighted by Crippen LogP contribution is 2.25. The topological polar surface area (TPSA) is 38.9 Å². The molecule has 2 nitrogen and oxygen atoms in total. The molecular formula is C14H14Cl2N2. The first-order chi connectivity index (χ1) is 8.58. The molecule has 0 aliphatic carbocycles. The average Bonchev–Trinajstić information content (AvgIpc) is 2.34. The van der Waals surface area contributed by atoms with Gasteiger partial charge < -0.3 is 5.73 Å². The number of halogens is 2. The van der Waals surface area contributed by atoms with E-state index in [-0.39, 0.29) is 6.04 Å². The third kappa shape index (κ3) is 3.02. The zero-order chi connectivity index (χ0) is 13.1. The fraction of sp³-hybridized carbons (Fsp3) is 0.214. The highest BCUT2D eigenvalue weighted by Gasteiger charge is 2.10. The molecule has 4 heteroatoms. The second-order valence-corrected chi connectivity index (χ2v) is 5.11. The van der Waals surface area contributed by atoms with Gasteiger partial charge in [0.2, 0.25) is 0 Å². The monoisotopic (exact) mass is 280 g/mol. The summed E-state index contributed by atoms with van der Waals surface area (Å²) in [4.78, 5) is 4.07. The summed E-state index contributed by atoms with van der Waals surface area (Å²) in [5.74, 6) is 0. The van der Waals surface area contributed by atoms with E-state index in [1.54, 1.807) is 12.3 Å². The van der Waals surface area contributed by atoms with Crippen molar-refractivity contribution in [2.75, 3.05) is 0 Å². The van der Waals surface area contributed by atoms with E-state index in [0.29, 0.717) is 10.0 Å². The van der Waals surface area contributed by atoms with Crippen molar-refractivity contribution in [1.29, 1.82) is 0 Å². The van der Waals surface area contributed by atoms with Gasteiger partial charge in [-0.1, -0.05) is 29.3 Å². The smallest absolute Gasteiger partial charge is 0.0595 e. The lowest BCUT2D eigenvalue weighted by atomic mass is 9.97. The van der Waals surface area contributed by atoms with Gasteiger partial charge in [-0.25, -0.2) is 0 Å². The van der Waals surface area contributed by atoms with Gasteiger partial charge in [0, 0.05) is 18.4 Å². The summed E-state index contributed by atoms with van der Waals surface area (Å²) >= 11 is 11.9. The van der Waals surface area contributed by atoms with Crippen LogP contribution in [-0.4, -0.2) is 4.98 Å². The minimum atomic E-state index is -0.0646. The van der Waals surface area contributed by atoms with Crippen molar-refractivity contribution in [2.24, 2.45) is 5.73 Å². The summed E-state index contributed by atoms with van der Waals surface area (Å²) in [7, 11) is 0. The molecule has 2 aromatic rings. The fourth-order valence-electron chi connectivity index (χ4n) is 1.93. The van der Waals surface area contributed by atoms with E-state index in [0.717, 1.165) is 23.1 Å². The van der Waals surface area contributed by atoms with Crippen LogP contribution >= 0.6 is 23.2 Å². The molecule has 0 bridgehead atoms. The maximum atomic E-state index is 6.21. The molecule has 18 heavy (non-hydrogen) atoms. The predicted octanol–water partition coefficient (Wildman–Crippen LogP) is 3.94. The third-order valence-corrected chi connectivity index (χ3v) is 3.64. The van der Waals surface area contributed by atoms with Gasteiger partial charge in [-0.15, -0.1) is 0 Å². The minimum Gasteiger partial charge on any atom is -0.324 e. The Kier molecular flexibility index (Phi) is 4.23. The number of rotatable bonds is 3. The van der Waals surface area contributed by atoms with Crippen molar-refractivity contribution in [1.82, 2.24) is 4.98 Å². The predicted molar refractivity (Wildman–Crippen MR) is 76.1 cm³/mol. The quantitative estimate of drug-likeness (QED) is 0.925. The maximum Gasteiger partial charge on any atom is 0.0595 e. The Morgan fingerprint density at radius 1 is 1.22 bits per heavy atom. The normalized spacial score (nSPS) is 12.4. The number of hydrogen-bond acceptors (Lipinski definition) is 2. The van der Waals surface area contributed by atoms with Crippen LogP contribution in [0.5, 0.6) is 0 Å². The molecule has 1 unspecified atom stereocenters. The fourth-order valence-corrected chi connectivity index (χ4v) is 2.25. The Hall–Kier alpha value is -1.09. The van der Waals surface area contributed by atoms with E-state index in [1.165, 1.54) is 0 Å². The standard InChI is InChI=1S/C14H14Cl2N2/c1-9-8-18-5-4-11(9)14(17)7-10-2-3-12(15)13(16)6-10/h2-6,8,14H,7,17H2,1H3. The molecule has 0 fully saturated rings. The Balaban J connectivity index is 2.19. The summed E-state index contributed by atoms with van der Waals surface area (Å²) in [6, 6.07) is 7.50. The summed E-state index contributed by atoms with van der Waals surface area (Å²) in [5.41, 5.74) is 9.50. The lowest BCUT2D eigenvalue weighted by molar-refractivity contribution is 0.715. The zero-order valence-corrected chi connectivity index (χ0v) is 11.5. The summed E-state index contributed by atoms with van der Waals surface area (Å²) in [6.45, 7) is 2.01. The van der Waals surface area contributed by atoms with Gasteiger partial charge in [-0.2, -0.15) is 0 Å². The van der Waals surface area contributed by atoms with E-state index < -0.39 is 0 Å². The van der Waals surface area contributed by atoms with Crippen LogP contribution in [0.3, 0.4) is 0 Å². The SMILES string of the molecule is Cc1cnccc1C(N)Cc1ccc(Cl)c(Cl)c1. The molecule has 94 valence electrons. The van der Waals surface area contributed by atoms with Crippen LogP contribution in [0.1, 0.15) is 22.7 Å². The number of aryl methyl sites for hydroxylation is 1. The van der Waals surface area contributed by atoms with Gasteiger partial charge in [-0.3, -0.25) is 4.98 Å². The average molecular weight is 281 g/mol. The van der Waals surface area contributed by atoms with Crippen molar-refractivity contribution in [3.05, 3.63) is 63.4 Å². The van der Waals surface area contributed by atoms with E-state index in [2.05, 4.69) is 4.98 Å². The van der Waals surface area contributed by atoms with Gasteiger partial charge in [0.1, 0.15) is 0 Å². The number of hydrogen-bond donors (Lipinski definition) is 1. The number of pyridine rings is 1. The van der Waals surface area contributed by atoms with Crippen molar-refractivity contribution in [2.45, 2.75) is 19.4 Å². The molecule has 0 aliphatic heterocycles. The minimum absolute atomic E-state index is 0.0646. The second-order valence-electron chi connectivity index (χ2n) is 4.29. The lowest BCUT2D eigenvalue weighted by Gasteiger charge is -2.14. The van der Waals surface area contributed by atoms with E-state index in [1.807, 2.05) is 31.3 Å². The van der Waals surface area contributed by atoms with Crippen molar-refractivity contribution >= 4 is 23.2 Å². The van der Waals surface area contributed by atoms with Crippen LogP contribution in [0, 0.1) is 6.92 Å². The van der Waals surface area contributed by atoms with Gasteiger partial charge in [0.05, 0.1) is 10.0 Å². The molecule has 0 amide bonds. The number of nitrogens with two attached hydrogens (primary N) is 1. The van der Waals surface area contributed by atoms with E-state index >= 15 is 0 Å². The van der Waals surface area contributed by atoms with Crippen LogP contribution in [0.15, 0.2) is 36.7 Å². The molecule has 2 N–H and O–H groups in total. The molecule has 0 saturated carbocycles. The molecule has 1 aromatic heterocycles. The maximum absolute atomic E-state index is 6.21. The highest BCUT2D eigenvalue weighted by atomic mass is 35.5. The second kappa shape index (κ2) is 5.70. The summed E-state index contributed by atoms with van der Waals surface area (Å²) < 4.78 is 0. The highest BCUT2D eigenvalue weighted by molar-refractivity contribution is 6.42. The Morgan fingerprint density at radius 3 is 2.67 bits per heavy atom. The van der Waals surface area contributed by atoms with Crippen LogP contribution < -0.4 is 5.73 Å². The van der Waals surface area contributed by atoms with Crippen molar-refractivity contribution in [3.63, 3.8) is 0 Å². The molecule has 0 spiro atoms. The van der Waals surface area contributed by atoms with E-state index in [4.69, 9.17) is 28.9 Å². The molecule has 0 saturated heterocycles. The van der Waals surface area contributed by atoms with Crippen LogP contribution in [-0.2, 0) is 6.42 Å². The van der Waals surface area contributed by atoms with Crippen LogP contribution in [0.2, 0.25) is 10.0 Å². The first kappa shape index (κ1) is 13.3. The van der Waals surface area contributed by atoms with Gasteiger partial charge in [0.25, 0.3) is 0 Å². The van der Waals surface area contributed by atoms with Crippen LogP contribution in [0.25, 0.3) is 0 Å². The molecular weight excluding hydrogens is 267 g/mol. The summed E-state index contributed by atoms with van der Waals surface area (Å²) in [5, 5.41) is 1.13. The third-order valence-electron chi connectivity index (χ3n) is 2.90.